The lowest BCUT2D eigenvalue weighted by molar-refractivity contribution is 0.0898. The fourth-order valence-electron chi connectivity index (χ4n) is 1.85. The number of aliphatic hydroxyl groups is 2. The Kier molecular flexibility index (Phi) is 3.04. The third-order valence-corrected chi connectivity index (χ3v) is 4.60. The third kappa shape index (κ3) is 1.85. The van der Waals surface area contributed by atoms with Crippen LogP contribution < -0.4 is 0 Å². The lowest BCUT2D eigenvalue weighted by atomic mass is 9.85. The quantitative estimate of drug-likeness (QED) is 0.642. The molecule has 0 heterocycles. The average molecular weight is 220 g/mol. The Morgan fingerprint density at radius 3 is 2.21 bits per heavy atom. The molecule has 14 heavy (non-hydrogen) atoms. The standard InChI is InChI=1S/C9H16O4S/c1-7-3-8(14(2,12)13)4-9(7,5-10)6-11/h8,10-11H,1,3-6H2,2H3/t8-/m1/s1. The summed E-state index contributed by atoms with van der Waals surface area (Å²) in [6.45, 7) is 3.25. The van der Waals surface area contributed by atoms with Gasteiger partial charge in [-0.3, -0.25) is 0 Å². The highest BCUT2D eigenvalue weighted by atomic mass is 32.2. The lowest BCUT2D eigenvalue weighted by Gasteiger charge is -2.25. The van der Waals surface area contributed by atoms with E-state index in [0.717, 1.165) is 0 Å². The van der Waals surface area contributed by atoms with Crippen LogP contribution in [0.1, 0.15) is 12.8 Å². The third-order valence-electron chi connectivity index (χ3n) is 3.05. The zero-order valence-electron chi connectivity index (χ0n) is 8.23. The van der Waals surface area contributed by atoms with Gasteiger partial charge in [-0.15, -0.1) is 0 Å². The van der Waals surface area contributed by atoms with E-state index in [-0.39, 0.29) is 19.6 Å². The summed E-state index contributed by atoms with van der Waals surface area (Å²) in [5.74, 6) is 0. The van der Waals surface area contributed by atoms with Gasteiger partial charge in [-0.25, -0.2) is 8.42 Å². The molecule has 0 spiro atoms. The van der Waals surface area contributed by atoms with E-state index < -0.39 is 20.5 Å². The summed E-state index contributed by atoms with van der Waals surface area (Å²) in [6.07, 6.45) is 1.80. The number of aliphatic hydroxyl groups excluding tert-OH is 2. The van der Waals surface area contributed by atoms with E-state index in [2.05, 4.69) is 6.58 Å². The van der Waals surface area contributed by atoms with Crippen molar-refractivity contribution < 1.29 is 18.6 Å². The molecule has 0 unspecified atom stereocenters. The maximum absolute atomic E-state index is 11.3. The van der Waals surface area contributed by atoms with Crippen molar-refractivity contribution in [3.05, 3.63) is 12.2 Å². The monoisotopic (exact) mass is 220 g/mol. The van der Waals surface area contributed by atoms with Crippen LogP contribution in [-0.2, 0) is 9.84 Å². The minimum atomic E-state index is -3.11. The fourth-order valence-corrected chi connectivity index (χ4v) is 2.97. The summed E-state index contributed by atoms with van der Waals surface area (Å²) >= 11 is 0. The Labute approximate surface area is 84.2 Å². The zero-order valence-corrected chi connectivity index (χ0v) is 9.05. The average Bonchev–Trinajstić information content (AvgIpc) is 2.43. The molecule has 1 fully saturated rings. The van der Waals surface area contributed by atoms with E-state index in [1.54, 1.807) is 0 Å². The molecule has 0 aromatic rings. The van der Waals surface area contributed by atoms with Crippen molar-refractivity contribution in [1.82, 2.24) is 0 Å². The highest BCUT2D eigenvalue weighted by Gasteiger charge is 2.44. The largest absolute Gasteiger partial charge is 0.395 e. The Morgan fingerprint density at radius 2 is 2.00 bits per heavy atom. The maximum Gasteiger partial charge on any atom is 0.150 e. The topological polar surface area (TPSA) is 74.6 Å². The molecule has 1 rings (SSSR count). The van der Waals surface area contributed by atoms with Crippen LogP contribution in [0.25, 0.3) is 0 Å². The first-order valence-corrected chi connectivity index (χ1v) is 6.40. The van der Waals surface area contributed by atoms with Crippen LogP contribution >= 0.6 is 0 Å². The first-order valence-electron chi connectivity index (χ1n) is 4.44. The predicted molar refractivity (Wildman–Crippen MR) is 53.6 cm³/mol. The van der Waals surface area contributed by atoms with Crippen LogP contribution in [-0.4, -0.2) is 43.4 Å². The van der Waals surface area contributed by atoms with Crippen molar-refractivity contribution in [2.75, 3.05) is 19.5 Å². The van der Waals surface area contributed by atoms with E-state index in [0.29, 0.717) is 12.0 Å². The zero-order chi connectivity index (χ0) is 11.0. The summed E-state index contributed by atoms with van der Waals surface area (Å²) in [5.41, 5.74) is -0.161. The summed E-state index contributed by atoms with van der Waals surface area (Å²) in [7, 11) is -3.11. The normalized spacial score (nSPS) is 26.8. The molecule has 1 aliphatic carbocycles. The highest BCUT2D eigenvalue weighted by molar-refractivity contribution is 7.91. The molecular formula is C9H16O4S. The number of hydrogen-bond donors (Lipinski definition) is 2. The molecule has 4 nitrogen and oxygen atoms in total. The van der Waals surface area contributed by atoms with Gasteiger partial charge in [-0.05, 0) is 12.8 Å². The SMILES string of the molecule is C=C1C[C@@H](S(C)(=O)=O)CC1(CO)CO. The Bertz CT molecular complexity index is 327. The molecule has 0 aromatic carbocycles. The Hall–Kier alpha value is -0.390. The van der Waals surface area contributed by atoms with Crippen LogP contribution in [0.15, 0.2) is 12.2 Å². The molecule has 5 heteroatoms. The smallest absolute Gasteiger partial charge is 0.150 e. The molecule has 1 atom stereocenters. The van der Waals surface area contributed by atoms with Gasteiger partial charge in [-0.2, -0.15) is 0 Å². The van der Waals surface area contributed by atoms with E-state index in [1.165, 1.54) is 6.26 Å². The molecule has 0 saturated heterocycles. The molecule has 0 radical (unpaired) electrons. The lowest BCUT2D eigenvalue weighted by Crippen LogP contribution is -2.29. The van der Waals surface area contributed by atoms with Crippen LogP contribution in [0.3, 0.4) is 0 Å². The molecule has 1 aliphatic rings. The molecule has 1 saturated carbocycles. The second-order valence-electron chi connectivity index (χ2n) is 4.06. The number of hydrogen-bond acceptors (Lipinski definition) is 4. The van der Waals surface area contributed by atoms with Crippen molar-refractivity contribution in [1.29, 1.82) is 0 Å². The Balaban J connectivity index is 2.94. The fraction of sp³-hybridized carbons (Fsp3) is 0.778. The molecule has 0 aromatic heterocycles. The first-order chi connectivity index (χ1) is 6.35. The van der Waals surface area contributed by atoms with Crippen molar-refractivity contribution in [2.24, 2.45) is 5.41 Å². The van der Waals surface area contributed by atoms with Crippen molar-refractivity contribution in [3.8, 4) is 0 Å². The maximum atomic E-state index is 11.3. The van der Waals surface area contributed by atoms with Gasteiger partial charge in [0.1, 0.15) is 0 Å². The number of sulfone groups is 1. The van der Waals surface area contributed by atoms with Crippen molar-refractivity contribution in [2.45, 2.75) is 18.1 Å². The summed E-state index contributed by atoms with van der Waals surface area (Å²) in [5, 5.41) is 17.8. The summed E-state index contributed by atoms with van der Waals surface area (Å²) < 4.78 is 22.6. The van der Waals surface area contributed by atoms with Gasteiger partial charge in [0, 0.05) is 11.7 Å². The summed E-state index contributed by atoms with van der Waals surface area (Å²) in [4.78, 5) is 0. The first kappa shape index (κ1) is 11.7. The van der Waals surface area contributed by atoms with E-state index in [1.807, 2.05) is 0 Å². The van der Waals surface area contributed by atoms with Gasteiger partial charge < -0.3 is 10.2 Å². The number of rotatable bonds is 3. The van der Waals surface area contributed by atoms with Gasteiger partial charge in [0.15, 0.2) is 9.84 Å². The molecular weight excluding hydrogens is 204 g/mol. The van der Waals surface area contributed by atoms with E-state index in [4.69, 9.17) is 10.2 Å². The second-order valence-corrected chi connectivity index (χ2v) is 6.39. The van der Waals surface area contributed by atoms with Crippen LogP contribution in [0.5, 0.6) is 0 Å². The minimum Gasteiger partial charge on any atom is -0.395 e. The van der Waals surface area contributed by atoms with Gasteiger partial charge in [-0.1, -0.05) is 12.2 Å². The predicted octanol–water partition coefficient (Wildman–Crippen LogP) is -0.279. The molecule has 82 valence electrons. The van der Waals surface area contributed by atoms with Gasteiger partial charge in [0.2, 0.25) is 0 Å². The summed E-state index contributed by atoms with van der Waals surface area (Å²) in [6, 6.07) is 0. The molecule has 0 aliphatic heterocycles. The van der Waals surface area contributed by atoms with E-state index in [9.17, 15) is 8.42 Å². The van der Waals surface area contributed by atoms with E-state index >= 15 is 0 Å². The van der Waals surface area contributed by atoms with Crippen LogP contribution in [0, 0.1) is 5.41 Å². The molecule has 0 bridgehead atoms. The second kappa shape index (κ2) is 3.64. The molecule has 2 N–H and O–H groups in total. The highest BCUT2D eigenvalue weighted by Crippen LogP contribution is 2.43. The molecule has 0 amide bonds. The van der Waals surface area contributed by atoms with Gasteiger partial charge in [0.05, 0.1) is 18.5 Å². The van der Waals surface area contributed by atoms with Crippen molar-refractivity contribution >= 4 is 9.84 Å². The van der Waals surface area contributed by atoms with Crippen LogP contribution in [0.4, 0.5) is 0 Å². The van der Waals surface area contributed by atoms with Gasteiger partial charge in [0.25, 0.3) is 0 Å². The Morgan fingerprint density at radius 1 is 1.50 bits per heavy atom. The minimum absolute atomic E-state index is 0.242. The van der Waals surface area contributed by atoms with Crippen LogP contribution in [0.2, 0.25) is 0 Å². The van der Waals surface area contributed by atoms with Crippen molar-refractivity contribution in [3.63, 3.8) is 0 Å². The van der Waals surface area contributed by atoms with Gasteiger partial charge >= 0.3 is 0 Å².